The molecule has 0 aromatic rings. The summed E-state index contributed by atoms with van der Waals surface area (Å²) < 4.78 is 0. The van der Waals surface area contributed by atoms with Gasteiger partial charge in [-0.05, 0) is 11.8 Å². The average Bonchev–Trinajstić information content (AvgIpc) is 2.39. The van der Waals surface area contributed by atoms with Crippen LogP contribution in [0.25, 0.3) is 0 Å². The molecule has 1 fully saturated rings. The SMILES string of the molecule is CC1(C)CC1NCCC(N)=O. The van der Waals surface area contributed by atoms with Gasteiger partial charge in [0, 0.05) is 19.0 Å². The van der Waals surface area contributed by atoms with Gasteiger partial charge < -0.3 is 11.1 Å². The molecule has 1 aliphatic carbocycles. The van der Waals surface area contributed by atoms with Crippen LogP contribution in [0.2, 0.25) is 0 Å². The van der Waals surface area contributed by atoms with Crippen molar-refractivity contribution in [1.29, 1.82) is 0 Å². The Kier molecular flexibility index (Phi) is 2.18. The van der Waals surface area contributed by atoms with Crippen molar-refractivity contribution in [2.75, 3.05) is 6.54 Å². The Bertz CT molecular complexity index is 165. The van der Waals surface area contributed by atoms with E-state index in [2.05, 4.69) is 19.2 Å². The van der Waals surface area contributed by atoms with Crippen LogP contribution in [-0.2, 0) is 4.79 Å². The second-order valence-corrected chi connectivity index (χ2v) is 3.92. The van der Waals surface area contributed by atoms with Gasteiger partial charge >= 0.3 is 0 Å². The van der Waals surface area contributed by atoms with E-state index >= 15 is 0 Å². The minimum Gasteiger partial charge on any atom is -0.370 e. The minimum absolute atomic E-state index is 0.226. The van der Waals surface area contributed by atoms with Crippen molar-refractivity contribution in [2.45, 2.75) is 32.7 Å². The van der Waals surface area contributed by atoms with Crippen LogP contribution < -0.4 is 11.1 Å². The molecule has 0 aliphatic heterocycles. The lowest BCUT2D eigenvalue weighted by atomic mass is 10.2. The second-order valence-electron chi connectivity index (χ2n) is 3.92. The predicted molar refractivity (Wildman–Crippen MR) is 44.0 cm³/mol. The number of rotatable bonds is 4. The third kappa shape index (κ3) is 2.50. The van der Waals surface area contributed by atoms with E-state index in [1.54, 1.807) is 0 Å². The zero-order valence-electron chi connectivity index (χ0n) is 7.18. The fourth-order valence-electron chi connectivity index (χ4n) is 1.19. The van der Waals surface area contributed by atoms with Gasteiger partial charge in [0.2, 0.25) is 5.91 Å². The molecule has 1 aliphatic rings. The maximum absolute atomic E-state index is 10.3. The van der Waals surface area contributed by atoms with E-state index in [0.29, 0.717) is 17.9 Å². The van der Waals surface area contributed by atoms with Gasteiger partial charge in [-0.2, -0.15) is 0 Å². The van der Waals surface area contributed by atoms with Gasteiger partial charge in [0.05, 0.1) is 0 Å². The highest BCUT2D eigenvalue weighted by Gasteiger charge is 2.44. The number of carbonyl (C=O) groups excluding carboxylic acids is 1. The number of nitrogens with two attached hydrogens (primary N) is 1. The van der Waals surface area contributed by atoms with Crippen molar-refractivity contribution < 1.29 is 4.79 Å². The molecule has 0 radical (unpaired) electrons. The van der Waals surface area contributed by atoms with Gasteiger partial charge in [0.1, 0.15) is 0 Å². The smallest absolute Gasteiger partial charge is 0.218 e. The first-order valence-electron chi connectivity index (χ1n) is 4.04. The summed E-state index contributed by atoms with van der Waals surface area (Å²) in [5.74, 6) is -0.226. The van der Waals surface area contributed by atoms with E-state index in [1.165, 1.54) is 6.42 Å². The third-order valence-corrected chi connectivity index (χ3v) is 2.28. The number of amides is 1. The standard InChI is InChI=1S/C8H16N2O/c1-8(2)5-6(8)10-4-3-7(9)11/h6,10H,3-5H2,1-2H3,(H2,9,11). The molecule has 0 aromatic carbocycles. The molecule has 1 saturated carbocycles. The molecule has 1 amide bonds. The summed E-state index contributed by atoms with van der Waals surface area (Å²) in [6.07, 6.45) is 1.67. The monoisotopic (exact) mass is 156 g/mol. The number of hydrogen-bond donors (Lipinski definition) is 2. The summed E-state index contributed by atoms with van der Waals surface area (Å²) in [6, 6.07) is 0.599. The second kappa shape index (κ2) is 2.81. The molecule has 0 saturated heterocycles. The van der Waals surface area contributed by atoms with E-state index in [4.69, 9.17) is 5.73 Å². The van der Waals surface area contributed by atoms with Gasteiger partial charge in [0.15, 0.2) is 0 Å². The molecule has 1 rings (SSSR count). The normalized spacial score (nSPS) is 26.5. The first kappa shape index (κ1) is 8.53. The predicted octanol–water partition coefficient (Wildman–Crippen LogP) is 0.250. The molecule has 0 heterocycles. The quantitative estimate of drug-likeness (QED) is 0.613. The third-order valence-electron chi connectivity index (χ3n) is 2.28. The summed E-state index contributed by atoms with van der Waals surface area (Å²) in [5.41, 5.74) is 5.43. The Morgan fingerprint density at radius 3 is 2.64 bits per heavy atom. The van der Waals surface area contributed by atoms with E-state index < -0.39 is 0 Å². The molecular formula is C8H16N2O. The lowest BCUT2D eigenvalue weighted by molar-refractivity contribution is -0.117. The molecule has 3 nitrogen and oxygen atoms in total. The molecular weight excluding hydrogens is 140 g/mol. The van der Waals surface area contributed by atoms with Crippen molar-refractivity contribution in [3.05, 3.63) is 0 Å². The van der Waals surface area contributed by atoms with Crippen LogP contribution >= 0.6 is 0 Å². The van der Waals surface area contributed by atoms with Crippen LogP contribution in [0.1, 0.15) is 26.7 Å². The van der Waals surface area contributed by atoms with Gasteiger partial charge in [-0.1, -0.05) is 13.8 Å². The first-order chi connectivity index (χ1) is 5.02. The van der Waals surface area contributed by atoms with Gasteiger partial charge in [-0.25, -0.2) is 0 Å². The number of hydrogen-bond acceptors (Lipinski definition) is 2. The number of nitrogens with one attached hydrogen (secondary N) is 1. The van der Waals surface area contributed by atoms with E-state index in [9.17, 15) is 4.79 Å². The Labute approximate surface area is 67.3 Å². The molecule has 11 heavy (non-hydrogen) atoms. The first-order valence-corrected chi connectivity index (χ1v) is 4.04. The van der Waals surface area contributed by atoms with E-state index in [-0.39, 0.29) is 5.91 Å². The Hall–Kier alpha value is -0.570. The van der Waals surface area contributed by atoms with E-state index in [1.807, 2.05) is 0 Å². The van der Waals surface area contributed by atoms with Crippen LogP contribution in [0.15, 0.2) is 0 Å². The fraction of sp³-hybridized carbons (Fsp3) is 0.875. The highest BCUT2D eigenvalue weighted by Crippen LogP contribution is 2.44. The zero-order chi connectivity index (χ0) is 8.48. The molecule has 1 unspecified atom stereocenters. The van der Waals surface area contributed by atoms with Gasteiger partial charge in [0.25, 0.3) is 0 Å². The lowest BCUT2D eigenvalue weighted by Crippen LogP contribution is -2.25. The van der Waals surface area contributed by atoms with E-state index in [0.717, 1.165) is 6.54 Å². The summed E-state index contributed by atoms with van der Waals surface area (Å²) >= 11 is 0. The Morgan fingerprint density at radius 1 is 1.73 bits per heavy atom. The van der Waals surface area contributed by atoms with Crippen molar-refractivity contribution >= 4 is 5.91 Å². The summed E-state index contributed by atoms with van der Waals surface area (Å²) in [7, 11) is 0. The molecule has 1 atom stereocenters. The van der Waals surface area contributed by atoms with Gasteiger partial charge in [-0.15, -0.1) is 0 Å². The Morgan fingerprint density at radius 2 is 2.27 bits per heavy atom. The fourth-order valence-corrected chi connectivity index (χ4v) is 1.19. The molecule has 3 heteroatoms. The maximum Gasteiger partial charge on any atom is 0.218 e. The molecule has 0 bridgehead atoms. The van der Waals surface area contributed by atoms with Crippen LogP contribution in [0.4, 0.5) is 0 Å². The molecule has 0 spiro atoms. The summed E-state index contributed by atoms with van der Waals surface area (Å²) in [4.78, 5) is 10.3. The average molecular weight is 156 g/mol. The van der Waals surface area contributed by atoms with Crippen molar-refractivity contribution in [3.63, 3.8) is 0 Å². The molecule has 64 valence electrons. The lowest BCUT2D eigenvalue weighted by Gasteiger charge is -2.03. The van der Waals surface area contributed by atoms with Crippen molar-refractivity contribution in [3.8, 4) is 0 Å². The Balaban J connectivity index is 2.02. The highest BCUT2D eigenvalue weighted by molar-refractivity contribution is 5.73. The molecule has 0 aromatic heterocycles. The minimum atomic E-state index is -0.226. The van der Waals surface area contributed by atoms with Crippen LogP contribution in [0.3, 0.4) is 0 Å². The van der Waals surface area contributed by atoms with Crippen molar-refractivity contribution in [1.82, 2.24) is 5.32 Å². The highest BCUT2D eigenvalue weighted by atomic mass is 16.1. The maximum atomic E-state index is 10.3. The largest absolute Gasteiger partial charge is 0.370 e. The number of carbonyl (C=O) groups is 1. The van der Waals surface area contributed by atoms with Crippen LogP contribution in [0, 0.1) is 5.41 Å². The van der Waals surface area contributed by atoms with Crippen molar-refractivity contribution in [2.24, 2.45) is 11.1 Å². The number of primary amides is 1. The van der Waals surface area contributed by atoms with Crippen LogP contribution in [-0.4, -0.2) is 18.5 Å². The summed E-state index contributed by atoms with van der Waals surface area (Å²) in [5, 5.41) is 3.28. The molecule has 3 N–H and O–H groups in total. The topological polar surface area (TPSA) is 55.1 Å². The summed E-state index contributed by atoms with van der Waals surface area (Å²) in [6.45, 7) is 5.16. The zero-order valence-corrected chi connectivity index (χ0v) is 7.18. The van der Waals surface area contributed by atoms with Crippen LogP contribution in [0.5, 0.6) is 0 Å². The van der Waals surface area contributed by atoms with Gasteiger partial charge in [-0.3, -0.25) is 4.79 Å².